The van der Waals surface area contributed by atoms with Crippen molar-refractivity contribution in [2.75, 3.05) is 13.2 Å². The average Bonchev–Trinajstić information content (AvgIpc) is 2.31. The lowest BCUT2D eigenvalue weighted by Gasteiger charge is -2.26. The second-order valence-electron chi connectivity index (χ2n) is 5.16. The number of hydrogen-bond acceptors (Lipinski definition) is 2. The normalized spacial score (nSPS) is 21.9. The lowest BCUT2D eigenvalue weighted by molar-refractivity contribution is 0.0311. The maximum absolute atomic E-state index is 11.4. The Labute approximate surface area is 103 Å². The van der Waals surface area contributed by atoms with Crippen molar-refractivity contribution in [2.24, 2.45) is 0 Å². The summed E-state index contributed by atoms with van der Waals surface area (Å²) >= 11 is 0. The second kappa shape index (κ2) is 6.84. The van der Waals surface area contributed by atoms with Crippen LogP contribution in [0, 0.1) is 0 Å². The van der Waals surface area contributed by atoms with Gasteiger partial charge in [0.05, 0.1) is 12.7 Å². The zero-order valence-corrected chi connectivity index (χ0v) is 10.5. The highest BCUT2D eigenvalue weighted by atomic mass is 16.5. The fourth-order valence-corrected chi connectivity index (χ4v) is 2.41. The topological polar surface area (TPSA) is 50.4 Å². The van der Waals surface area contributed by atoms with Crippen molar-refractivity contribution < 1.29 is 9.53 Å². The molecule has 2 amide bonds. The minimum Gasteiger partial charge on any atom is -0.376 e. The summed E-state index contributed by atoms with van der Waals surface area (Å²) in [7, 11) is 0. The Morgan fingerprint density at radius 2 is 1.82 bits per heavy atom. The average molecular weight is 240 g/mol. The Balaban J connectivity index is 1.45. The van der Waals surface area contributed by atoms with E-state index in [0.717, 1.165) is 12.8 Å². The molecule has 4 heteroatoms. The molecule has 2 saturated carbocycles. The van der Waals surface area contributed by atoms with E-state index in [9.17, 15) is 4.79 Å². The van der Waals surface area contributed by atoms with Gasteiger partial charge in [-0.1, -0.05) is 19.3 Å². The van der Waals surface area contributed by atoms with Gasteiger partial charge in [-0.05, 0) is 32.1 Å². The maximum atomic E-state index is 11.4. The van der Waals surface area contributed by atoms with Crippen molar-refractivity contribution in [3.05, 3.63) is 0 Å². The summed E-state index contributed by atoms with van der Waals surface area (Å²) in [6, 6.07) is 0.371. The quantitative estimate of drug-likeness (QED) is 0.724. The van der Waals surface area contributed by atoms with Crippen molar-refractivity contribution in [1.82, 2.24) is 10.6 Å². The summed E-state index contributed by atoms with van der Waals surface area (Å²) in [4.78, 5) is 11.4. The number of hydrogen-bond donors (Lipinski definition) is 2. The SMILES string of the molecule is O=C(NCCOC1CCCCC1)NC1CCC1. The molecule has 0 bridgehead atoms. The Bertz CT molecular complexity index is 236. The highest BCUT2D eigenvalue weighted by molar-refractivity contribution is 5.74. The van der Waals surface area contributed by atoms with E-state index in [1.165, 1.54) is 38.5 Å². The van der Waals surface area contributed by atoms with Crippen LogP contribution in [0.2, 0.25) is 0 Å². The first-order chi connectivity index (χ1) is 8.34. The van der Waals surface area contributed by atoms with Gasteiger partial charge < -0.3 is 15.4 Å². The van der Waals surface area contributed by atoms with E-state index in [1.807, 2.05) is 0 Å². The summed E-state index contributed by atoms with van der Waals surface area (Å²) in [5.74, 6) is 0. The third kappa shape index (κ3) is 4.54. The van der Waals surface area contributed by atoms with E-state index >= 15 is 0 Å². The Kier molecular flexibility index (Phi) is 5.10. The van der Waals surface area contributed by atoms with E-state index in [1.54, 1.807) is 0 Å². The van der Waals surface area contributed by atoms with Gasteiger partial charge in [-0.2, -0.15) is 0 Å². The van der Waals surface area contributed by atoms with E-state index in [-0.39, 0.29) is 6.03 Å². The molecule has 0 heterocycles. The van der Waals surface area contributed by atoms with Crippen molar-refractivity contribution in [3.8, 4) is 0 Å². The predicted molar refractivity (Wildman–Crippen MR) is 67.0 cm³/mol. The number of carbonyl (C=O) groups is 1. The third-order valence-electron chi connectivity index (χ3n) is 3.73. The van der Waals surface area contributed by atoms with E-state index in [0.29, 0.717) is 25.3 Å². The first-order valence-corrected chi connectivity index (χ1v) is 7.00. The maximum Gasteiger partial charge on any atom is 0.315 e. The van der Waals surface area contributed by atoms with Crippen molar-refractivity contribution in [3.63, 3.8) is 0 Å². The highest BCUT2D eigenvalue weighted by Gasteiger charge is 2.19. The summed E-state index contributed by atoms with van der Waals surface area (Å²) in [6.45, 7) is 1.26. The number of carbonyl (C=O) groups excluding carboxylic acids is 1. The summed E-state index contributed by atoms with van der Waals surface area (Å²) in [6.07, 6.45) is 10.2. The predicted octanol–water partition coefficient (Wildman–Crippen LogP) is 2.19. The van der Waals surface area contributed by atoms with Gasteiger partial charge >= 0.3 is 6.03 Å². The van der Waals surface area contributed by atoms with E-state index < -0.39 is 0 Å². The third-order valence-corrected chi connectivity index (χ3v) is 3.73. The minimum absolute atomic E-state index is 0.0399. The van der Waals surface area contributed by atoms with Gasteiger partial charge in [0.1, 0.15) is 0 Å². The van der Waals surface area contributed by atoms with Crippen LogP contribution in [0.15, 0.2) is 0 Å². The van der Waals surface area contributed by atoms with Gasteiger partial charge in [-0.25, -0.2) is 4.79 Å². The lowest BCUT2D eigenvalue weighted by Crippen LogP contribution is -2.46. The van der Waals surface area contributed by atoms with Crippen LogP contribution in [0.5, 0.6) is 0 Å². The van der Waals surface area contributed by atoms with E-state index in [4.69, 9.17) is 4.74 Å². The Morgan fingerprint density at radius 1 is 1.06 bits per heavy atom. The molecule has 2 rings (SSSR count). The van der Waals surface area contributed by atoms with Crippen LogP contribution >= 0.6 is 0 Å². The molecular weight excluding hydrogens is 216 g/mol. The first kappa shape index (κ1) is 12.7. The van der Waals surface area contributed by atoms with Crippen molar-refractivity contribution >= 4 is 6.03 Å². The van der Waals surface area contributed by atoms with Gasteiger partial charge in [0.25, 0.3) is 0 Å². The van der Waals surface area contributed by atoms with Crippen LogP contribution in [-0.4, -0.2) is 31.3 Å². The summed E-state index contributed by atoms with van der Waals surface area (Å²) < 4.78 is 5.74. The molecule has 2 aliphatic rings. The van der Waals surface area contributed by atoms with E-state index in [2.05, 4.69) is 10.6 Å². The van der Waals surface area contributed by atoms with Crippen LogP contribution in [-0.2, 0) is 4.74 Å². The molecule has 0 aliphatic heterocycles. The molecule has 2 N–H and O–H groups in total. The molecule has 2 aliphatic carbocycles. The fourth-order valence-electron chi connectivity index (χ4n) is 2.41. The second-order valence-corrected chi connectivity index (χ2v) is 5.16. The molecule has 4 nitrogen and oxygen atoms in total. The van der Waals surface area contributed by atoms with Gasteiger partial charge in [0, 0.05) is 12.6 Å². The molecule has 0 spiro atoms. The monoisotopic (exact) mass is 240 g/mol. The van der Waals surface area contributed by atoms with Crippen molar-refractivity contribution in [2.45, 2.75) is 63.5 Å². The van der Waals surface area contributed by atoms with Gasteiger partial charge in [0.2, 0.25) is 0 Å². The molecule has 0 atom stereocenters. The fraction of sp³-hybridized carbons (Fsp3) is 0.923. The van der Waals surface area contributed by atoms with Gasteiger partial charge in [-0.15, -0.1) is 0 Å². The molecule has 98 valence electrons. The first-order valence-electron chi connectivity index (χ1n) is 7.00. The number of amides is 2. The lowest BCUT2D eigenvalue weighted by atomic mass is 9.93. The van der Waals surface area contributed by atoms with Crippen LogP contribution in [0.4, 0.5) is 4.79 Å². The van der Waals surface area contributed by atoms with Crippen LogP contribution in [0.1, 0.15) is 51.4 Å². The number of nitrogens with one attached hydrogen (secondary N) is 2. The summed E-state index contributed by atoms with van der Waals surface area (Å²) in [5, 5.41) is 5.80. The smallest absolute Gasteiger partial charge is 0.315 e. The summed E-state index contributed by atoms with van der Waals surface area (Å²) in [5.41, 5.74) is 0. The zero-order chi connectivity index (χ0) is 11.9. The number of ether oxygens (including phenoxy) is 1. The molecule has 0 radical (unpaired) electrons. The minimum atomic E-state index is -0.0399. The number of urea groups is 1. The Morgan fingerprint density at radius 3 is 2.47 bits per heavy atom. The van der Waals surface area contributed by atoms with Gasteiger partial charge in [-0.3, -0.25) is 0 Å². The largest absolute Gasteiger partial charge is 0.376 e. The van der Waals surface area contributed by atoms with Crippen LogP contribution < -0.4 is 10.6 Å². The molecule has 0 aromatic heterocycles. The molecule has 0 unspecified atom stereocenters. The standard InChI is InChI=1S/C13H24N2O2/c16-13(15-11-5-4-6-11)14-9-10-17-12-7-2-1-3-8-12/h11-12H,1-10H2,(H2,14,15,16). The molecule has 2 fully saturated rings. The highest BCUT2D eigenvalue weighted by Crippen LogP contribution is 2.20. The molecule has 0 aromatic carbocycles. The van der Waals surface area contributed by atoms with Crippen molar-refractivity contribution in [1.29, 1.82) is 0 Å². The van der Waals surface area contributed by atoms with Crippen LogP contribution in [0.25, 0.3) is 0 Å². The molecule has 17 heavy (non-hydrogen) atoms. The van der Waals surface area contributed by atoms with Crippen LogP contribution in [0.3, 0.4) is 0 Å². The number of rotatable bonds is 5. The molecular formula is C13H24N2O2. The Hall–Kier alpha value is -0.770. The molecule has 0 aromatic rings. The molecule has 0 saturated heterocycles. The van der Waals surface area contributed by atoms with Gasteiger partial charge in [0.15, 0.2) is 0 Å². The zero-order valence-electron chi connectivity index (χ0n) is 10.5.